The minimum Gasteiger partial charge on any atom is -0.481 e. The molecule has 1 atom stereocenters. The molecule has 1 aromatic rings. The van der Waals surface area contributed by atoms with Crippen LogP contribution in [0.1, 0.15) is 29.6 Å². The van der Waals surface area contributed by atoms with Crippen molar-refractivity contribution < 1.29 is 9.53 Å². The van der Waals surface area contributed by atoms with Gasteiger partial charge >= 0.3 is 0 Å². The lowest BCUT2D eigenvalue weighted by Crippen LogP contribution is -2.41. The van der Waals surface area contributed by atoms with Gasteiger partial charge in [0.1, 0.15) is 0 Å². The normalized spacial score (nSPS) is 19.8. The van der Waals surface area contributed by atoms with Crippen molar-refractivity contribution >= 4 is 5.91 Å². The number of likely N-dealkylation sites (N-methyl/N-ethyl adjacent to an activating group) is 1. The van der Waals surface area contributed by atoms with Crippen LogP contribution in [0, 0.1) is 0 Å². The monoisotopic (exact) mass is 277 g/mol. The van der Waals surface area contributed by atoms with Gasteiger partial charge in [-0.3, -0.25) is 4.79 Å². The number of ether oxygens (including phenoxy) is 1. The largest absolute Gasteiger partial charge is 0.481 e. The van der Waals surface area contributed by atoms with E-state index in [1.807, 2.05) is 4.90 Å². The molecule has 5 heteroatoms. The first-order chi connectivity index (χ1) is 9.61. The third-order valence-electron chi connectivity index (χ3n) is 3.85. The summed E-state index contributed by atoms with van der Waals surface area (Å²) in [6, 6.07) is 3.89. The quantitative estimate of drug-likeness (QED) is 0.842. The van der Waals surface area contributed by atoms with Gasteiger partial charge in [-0.1, -0.05) is 6.42 Å². The van der Waals surface area contributed by atoms with E-state index in [1.54, 1.807) is 25.4 Å². The predicted octanol–water partition coefficient (Wildman–Crippen LogP) is 1.65. The Morgan fingerprint density at radius 1 is 1.45 bits per heavy atom. The second-order valence-electron chi connectivity index (χ2n) is 5.45. The van der Waals surface area contributed by atoms with Gasteiger partial charge in [0.2, 0.25) is 5.88 Å². The molecule has 1 aromatic heterocycles. The molecule has 1 amide bonds. The number of carbonyl (C=O) groups is 1. The average molecular weight is 277 g/mol. The Kier molecular flexibility index (Phi) is 4.95. The first-order valence-electron chi connectivity index (χ1n) is 7.07. The fraction of sp³-hybridized carbons (Fsp3) is 0.600. The summed E-state index contributed by atoms with van der Waals surface area (Å²) >= 11 is 0. The molecule has 110 valence electrons. The maximum Gasteiger partial charge on any atom is 0.254 e. The summed E-state index contributed by atoms with van der Waals surface area (Å²) in [6.07, 6.45) is 5.01. The molecule has 0 saturated carbocycles. The maximum atomic E-state index is 12.6. The van der Waals surface area contributed by atoms with Crippen LogP contribution in [0.3, 0.4) is 0 Å². The number of amides is 1. The van der Waals surface area contributed by atoms with Gasteiger partial charge in [-0.05, 0) is 33.0 Å². The minimum atomic E-state index is 0.0689. The molecular weight excluding hydrogens is 254 g/mol. The minimum absolute atomic E-state index is 0.0689. The average Bonchev–Trinajstić information content (AvgIpc) is 2.72. The second-order valence-corrected chi connectivity index (χ2v) is 5.45. The Morgan fingerprint density at radius 3 is 2.95 bits per heavy atom. The second kappa shape index (κ2) is 6.70. The first kappa shape index (κ1) is 14.8. The van der Waals surface area contributed by atoms with Crippen molar-refractivity contribution in [2.75, 3.05) is 34.3 Å². The summed E-state index contributed by atoms with van der Waals surface area (Å²) < 4.78 is 5.09. The predicted molar refractivity (Wildman–Crippen MR) is 78.0 cm³/mol. The standard InChI is InChI=1S/C15H23N3O2/c1-17(2)13-6-4-5-9-18(11-13)15(19)12-7-8-16-14(10-12)20-3/h7-8,10,13H,4-6,9,11H2,1-3H3. The van der Waals surface area contributed by atoms with Crippen molar-refractivity contribution in [1.29, 1.82) is 0 Å². The number of hydrogen-bond donors (Lipinski definition) is 0. The van der Waals surface area contributed by atoms with Crippen molar-refractivity contribution in [3.8, 4) is 5.88 Å². The molecule has 0 aromatic carbocycles. The highest BCUT2D eigenvalue weighted by Gasteiger charge is 2.24. The van der Waals surface area contributed by atoms with Crippen LogP contribution in [-0.4, -0.2) is 61.0 Å². The molecule has 0 radical (unpaired) electrons. The van der Waals surface area contributed by atoms with Gasteiger partial charge in [-0.15, -0.1) is 0 Å². The molecule has 1 aliphatic heterocycles. The number of hydrogen-bond acceptors (Lipinski definition) is 4. The molecule has 1 unspecified atom stereocenters. The van der Waals surface area contributed by atoms with Crippen LogP contribution in [0.2, 0.25) is 0 Å². The van der Waals surface area contributed by atoms with Crippen LogP contribution in [0.4, 0.5) is 0 Å². The number of aromatic nitrogens is 1. The fourth-order valence-corrected chi connectivity index (χ4v) is 2.56. The molecule has 20 heavy (non-hydrogen) atoms. The van der Waals surface area contributed by atoms with Crippen LogP contribution >= 0.6 is 0 Å². The van der Waals surface area contributed by atoms with Gasteiger partial charge in [0, 0.05) is 37.0 Å². The zero-order valence-corrected chi connectivity index (χ0v) is 12.5. The van der Waals surface area contributed by atoms with Crippen molar-refractivity contribution in [1.82, 2.24) is 14.8 Å². The van der Waals surface area contributed by atoms with Crippen LogP contribution in [-0.2, 0) is 0 Å². The molecular formula is C15H23N3O2. The van der Waals surface area contributed by atoms with Gasteiger partial charge in [0.05, 0.1) is 7.11 Å². The van der Waals surface area contributed by atoms with Gasteiger partial charge < -0.3 is 14.5 Å². The molecule has 0 N–H and O–H groups in total. The fourth-order valence-electron chi connectivity index (χ4n) is 2.56. The van der Waals surface area contributed by atoms with E-state index in [1.165, 1.54) is 6.42 Å². The van der Waals surface area contributed by atoms with Gasteiger partial charge in [-0.2, -0.15) is 0 Å². The van der Waals surface area contributed by atoms with E-state index in [-0.39, 0.29) is 5.91 Å². The summed E-state index contributed by atoms with van der Waals surface area (Å²) in [6.45, 7) is 1.62. The van der Waals surface area contributed by atoms with Crippen molar-refractivity contribution in [3.05, 3.63) is 23.9 Å². The highest BCUT2D eigenvalue weighted by atomic mass is 16.5. The van der Waals surface area contributed by atoms with Crippen molar-refractivity contribution in [3.63, 3.8) is 0 Å². The summed E-state index contributed by atoms with van der Waals surface area (Å²) in [7, 11) is 5.72. The van der Waals surface area contributed by atoms with Gasteiger partial charge in [0.15, 0.2) is 0 Å². The SMILES string of the molecule is COc1cc(C(=O)N2CCCCC(N(C)C)C2)ccn1. The Hall–Kier alpha value is -1.62. The van der Waals surface area contributed by atoms with E-state index in [0.717, 1.165) is 25.9 Å². The molecule has 1 saturated heterocycles. The molecule has 1 aliphatic rings. The zero-order valence-electron chi connectivity index (χ0n) is 12.5. The molecule has 0 bridgehead atoms. The maximum absolute atomic E-state index is 12.6. The number of carbonyl (C=O) groups excluding carboxylic acids is 1. The number of nitrogens with zero attached hydrogens (tertiary/aromatic N) is 3. The number of methoxy groups -OCH3 is 1. The zero-order chi connectivity index (χ0) is 14.5. The Labute approximate surface area is 120 Å². The van der Waals surface area contributed by atoms with E-state index >= 15 is 0 Å². The lowest BCUT2D eigenvalue weighted by molar-refractivity contribution is 0.0725. The number of likely N-dealkylation sites (tertiary alicyclic amines) is 1. The first-order valence-corrected chi connectivity index (χ1v) is 7.07. The van der Waals surface area contributed by atoms with Gasteiger partial charge in [-0.25, -0.2) is 4.98 Å². The molecule has 0 aliphatic carbocycles. The molecule has 0 spiro atoms. The Bertz CT molecular complexity index is 462. The smallest absolute Gasteiger partial charge is 0.254 e. The third-order valence-corrected chi connectivity index (χ3v) is 3.85. The number of rotatable bonds is 3. The lowest BCUT2D eigenvalue weighted by Gasteiger charge is -2.28. The number of pyridine rings is 1. The lowest BCUT2D eigenvalue weighted by atomic mass is 10.1. The van der Waals surface area contributed by atoms with E-state index in [4.69, 9.17) is 4.74 Å². The Morgan fingerprint density at radius 2 is 2.25 bits per heavy atom. The summed E-state index contributed by atoms with van der Waals surface area (Å²) in [5.74, 6) is 0.550. The molecule has 1 fully saturated rings. The van der Waals surface area contributed by atoms with Crippen LogP contribution < -0.4 is 4.74 Å². The summed E-state index contributed by atoms with van der Waals surface area (Å²) in [5.41, 5.74) is 0.649. The van der Waals surface area contributed by atoms with Crippen LogP contribution in [0.15, 0.2) is 18.3 Å². The third kappa shape index (κ3) is 3.48. The summed E-state index contributed by atoms with van der Waals surface area (Å²) in [4.78, 5) is 20.8. The van der Waals surface area contributed by atoms with Crippen LogP contribution in [0.5, 0.6) is 5.88 Å². The topological polar surface area (TPSA) is 45.7 Å². The van der Waals surface area contributed by atoms with E-state index in [2.05, 4.69) is 24.0 Å². The van der Waals surface area contributed by atoms with Crippen molar-refractivity contribution in [2.24, 2.45) is 0 Å². The Balaban J connectivity index is 2.13. The molecule has 5 nitrogen and oxygen atoms in total. The van der Waals surface area contributed by atoms with E-state index in [9.17, 15) is 4.79 Å². The summed E-state index contributed by atoms with van der Waals surface area (Å²) in [5, 5.41) is 0. The highest BCUT2D eigenvalue weighted by molar-refractivity contribution is 5.94. The highest BCUT2D eigenvalue weighted by Crippen LogP contribution is 2.17. The van der Waals surface area contributed by atoms with E-state index in [0.29, 0.717) is 17.5 Å². The van der Waals surface area contributed by atoms with Gasteiger partial charge in [0.25, 0.3) is 5.91 Å². The molecule has 2 heterocycles. The molecule has 2 rings (SSSR count). The van der Waals surface area contributed by atoms with E-state index < -0.39 is 0 Å². The van der Waals surface area contributed by atoms with Crippen LogP contribution in [0.25, 0.3) is 0 Å². The van der Waals surface area contributed by atoms with Crippen molar-refractivity contribution in [2.45, 2.75) is 25.3 Å².